The Hall–Kier alpha value is -4.97. The number of ether oxygens (including phenoxy) is 2. The van der Waals surface area contributed by atoms with Crippen molar-refractivity contribution < 1.29 is 55.6 Å². The summed E-state index contributed by atoms with van der Waals surface area (Å²) >= 11 is 0. The molecule has 0 bridgehead atoms. The van der Waals surface area contributed by atoms with Gasteiger partial charge in [-0.15, -0.1) is 5.10 Å². The van der Waals surface area contributed by atoms with Gasteiger partial charge in [0.2, 0.25) is 6.79 Å². The van der Waals surface area contributed by atoms with E-state index in [-0.39, 0.29) is 6.04 Å². The Kier molecular flexibility index (Phi) is 10.3. The molecular weight excluding hydrogens is 630 g/mol. The molecule has 2 N–H and O–H groups in total. The summed E-state index contributed by atoms with van der Waals surface area (Å²) in [6.45, 7) is 4.05. The molecule has 0 amide bonds. The van der Waals surface area contributed by atoms with Crippen molar-refractivity contribution in [3.05, 3.63) is 72.3 Å². The van der Waals surface area contributed by atoms with E-state index in [1.165, 1.54) is 5.56 Å². The predicted octanol–water partition coefficient (Wildman–Crippen LogP) is 4.28. The zero-order valence-corrected chi connectivity index (χ0v) is 23.9. The van der Waals surface area contributed by atoms with Gasteiger partial charge in [0, 0.05) is 50.3 Å². The lowest BCUT2D eigenvalue weighted by atomic mass is 10.1. The van der Waals surface area contributed by atoms with Gasteiger partial charge in [-0.1, -0.05) is 17.3 Å². The third-order valence-electron chi connectivity index (χ3n) is 6.83. The summed E-state index contributed by atoms with van der Waals surface area (Å²) in [6.07, 6.45) is -4.52. The molecule has 246 valence electrons. The van der Waals surface area contributed by atoms with E-state index in [9.17, 15) is 26.3 Å². The summed E-state index contributed by atoms with van der Waals surface area (Å²) in [5.41, 5.74) is 5.50. The van der Waals surface area contributed by atoms with Crippen LogP contribution in [0, 0.1) is 0 Å². The van der Waals surface area contributed by atoms with Crippen LogP contribution in [0.3, 0.4) is 0 Å². The first kappa shape index (κ1) is 33.9. The van der Waals surface area contributed by atoms with Gasteiger partial charge >= 0.3 is 24.3 Å². The molecule has 1 atom stereocenters. The van der Waals surface area contributed by atoms with Gasteiger partial charge in [-0.05, 0) is 48.5 Å². The first-order chi connectivity index (χ1) is 21.6. The molecule has 3 aromatic heterocycles. The highest BCUT2D eigenvalue weighted by Crippen LogP contribution is 2.34. The minimum Gasteiger partial charge on any atom is -0.475 e. The monoisotopic (exact) mass is 656 g/mol. The first-order valence-corrected chi connectivity index (χ1v) is 13.3. The van der Waals surface area contributed by atoms with Crippen LogP contribution in [0.1, 0.15) is 17.3 Å². The zero-order chi connectivity index (χ0) is 33.6. The van der Waals surface area contributed by atoms with Gasteiger partial charge in [-0.2, -0.15) is 26.3 Å². The van der Waals surface area contributed by atoms with Gasteiger partial charge in [0.05, 0.1) is 11.6 Å². The number of halogens is 6. The third kappa shape index (κ3) is 8.60. The maximum Gasteiger partial charge on any atom is 0.490 e. The fraction of sp³-hybridized carbons (Fsp3) is 0.321. The van der Waals surface area contributed by atoms with Gasteiger partial charge in [0.1, 0.15) is 5.69 Å². The van der Waals surface area contributed by atoms with E-state index in [4.69, 9.17) is 29.3 Å². The van der Waals surface area contributed by atoms with E-state index in [0.29, 0.717) is 6.79 Å². The summed E-state index contributed by atoms with van der Waals surface area (Å²) in [5, 5.41) is 23.3. The number of hydrogen-bond acceptors (Lipinski definition) is 9. The number of carbonyl (C=O) groups is 2. The third-order valence-corrected chi connectivity index (χ3v) is 6.83. The fourth-order valence-corrected chi connectivity index (χ4v) is 4.53. The predicted molar refractivity (Wildman–Crippen MR) is 147 cm³/mol. The topological polar surface area (TPSA) is 143 Å². The molecule has 46 heavy (non-hydrogen) atoms. The Morgan fingerprint density at radius 3 is 2.15 bits per heavy atom. The SMILES string of the molecule is CN1CCN(Cc2ccc3c(c2)OCO3)CC1c1nnn2cc(-c3ccncc3)ccc12.O=C(O)C(F)(F)F.O=C(O)C(F)(F)F. The fourth-order valence-electron chi connectivity index (χ4n) is 4.53. The number of carboxylic acids is 2. The van der Waals surface area contributed by atoms with Crippen LogP contribution in [0.2, 0.25) is 0 Å². The molecule has 1 unspecified atom stereocenters. The van der Waals surface area contributed by atoms with Crippen LogP contribution in [0.25, 0.3) is 16.6 Å². The number of piperazine rings is 1. The minimum absolute atomic E-state index is 0.182. The van der Waals surface area contributed by atoms with Gasteiger partial charge in [0.15, 0.2) is 11.5 Å². The van der Waals surface area contributed by atoms with Crippen molar-refractivity contribution in [1.29, 1.82) is 0 Å². The Bertz CT molecular complexity index is 1640. The molecular formula is C28H26F6N6O6. The van der Waals surface area contributed by atoms with Crippen molar-refractivity contribution in [2.45, 2.75) is 24.9 Å². The summed E-state index contributed by atoms with van der Waals surface area (Å²) < 4.78 is 76.3. The Morgan fingerprint density at radius 1 is 0.891 bits per heavy atom. The standard InChI is InChI=1S/C24H24N6O2.2C2HF3O2/c1-28-10-11-29(13-17-2-5-22-23(12-17)32-16-31-22)15-21(28)24-20-4-3-19(14-30(20)27-26-24)18-6-8-25-9-7-18;2*3-2(4,5)1(6)7/h2-9,12,14,21H,10-11,13,15-16H2,1H3;2*(H,6,7). The number of hydrogen-bond donors (Lipinski definition) is 2. The molecule has 1 aromatic carbocycles. The number of alkyl halides is 6. The van der Waals surface area contributed by atoms with E-state index < -0.39 is 24.3 Å². The molecule has 6 rings (SSSR count). The number of aromatic nitrogens is 4. The molecule has 18 heteroatoms. The number of rotatable bonds is 4. The van der Waals surface area contributed by atoms with Gasteiger partial charge in [-0.3, -0.25) is 14.8 Å². The maximum atomic E-state index is 10.6. The quantitative estimate of drug-likeness (QED) is 0.304. The summed E-state index contributed by atoms with van der Waals surface area (Å²) in [7, 11) is 2.17. The average Bonchev–Trinajstić information content (AvgIpc) is 3.65. The Balaban J connectivity index is 0.000000289. The second kappa shape index (κ2) is 14.0. The highest BCUT2D eigenvalue weighted by Gasteiger charge is 2.39. The molecule has 12 nitrogen and oxygen atoms in total. The maximum absolute atomic E-state index is 10.6. The van der Waals surface area contributed by atoms with E-state index in [2.05, 4.69) is 56.4 Å². The van der Waals surface area contributed by atoms with Crippen molar-refractivity contribution in [2.75, 3.05) is 33.5 Å². The highest BCUT2D eigenvalue weighted by atomic mass is 19.4. The molecule has 0 radical (unpaired) electrons. The first-order valence-electron chi connectivity index (χ1n) is 13.3. The molecule has 0 spiro atoms. The second-order valence-electron chi connectivity index (χ2n) is 9.98. The lowest BCUT2D eigenvalue weighted by Gasteiger charge is -2.38. The molecule has 1 fully saturated rings. The lowest BCUT2D eigenvalue weighted by Crippen LogP contribution is -2.46. The smallest absolute Gasteiger partial charge is 0.475 e. The molecule has 0 saturated carbocycles. The van der Waals surface area contributed by atoms with Crippen molar-refractivity contribution in [3.8, 4) is 22.6 Å². The second-order valence-corrected chi connectivity index (χ2v) is 9.98. The number of carboxylic acid groups (broad SMARTS) is 2. The van der Waals surface area contributed by atoms with Crippen LogP contribution < -0.4 is 9.47 Å². The van der Waals surface area contributed by atoms with Crippen molar-refractivity contribution in [1.82, 2.24) is 29.6 Å². The van der Waals surface area contributed by atoms with Crippen LogP contribution in [-0.2, 0) is 16.1 Å². The summed E-state index contributed by atoms with van der Waals surface area (Å²) in [4.78, 5) is 26.7. The van der Waals surface area contributed by atoms with E-state index >= 15 is 0 Å². The number of fused-ring (bicyclic) bond motifs is 2. The van der Waals surface area contributed by atoms with Crippen LogP contribution in [-0.4, -0.2) is 97.6 Å². The molecule has 0 aliphatic carbocycles. The average molecular weight is 657 g/mol. The zero-order valence-electron chi connectivity index (χ0n) is 23.9. The highest BCUT2D eigenvalue weighted by molar-refractivity contribution is 5.73. The van der Waals surface area contributed by atoms with E-state index in [0.717, 1.165) is 60.0 Å². The van der Waals surface area contributed by atoms with E-state index in [1.54, 1.807) is 12.4 Å². The summed E-state index contributed by atoms with van der Waals surface area (Å²) in [6, 6.07) is 14.6. The number of likely N-dealkylation sites (N-methyl/N-ethyl adjacent to an activating group) is 1. The van der Waals surface area contributed by atoms with Crippen molar-refractivity contribution in [3.63, 3.8) is 0 Å². The van der Waals surface area contributed by atoms with Gasteiger partial charge < -0.3 is 19.7 Å². The largest absolute Gasteiger partial charge is 0.490 e. The molecule has 2 aliphatic rings. The van der Waals surface area contributed by atoms with Crippen LogP contribution in [0.5, 0.6) is 11.5 Å². The number of aliphatic carboxylic acids is 2. The summed E-state index contributed by atoms with van der Waals surface area (Å²) in [5.74, 6) is -3.85. The molecule has 4 aromatic rings. The van der Waals surface area contributed by atoms with E-state index in [1.807, 2.05) is 28.9 Å². The number of benzene rings is 1. The number of pyridine rings is 2. The Morgan fingerprint density at radius 2 is 1.52 bits per heavy atom. The molecule has 5 heterocycles. The lowest BCUT2D eigenvalue weighted by molar-refractivity contribution is -0.193. The normalized spacial score (nSPS) is 16.6. The van der Waals surface area contributed by atoms with Gasteiger partial charge in [0.25, 0.3) is 0 Å². The van der Waals surface area contributed by atoms with Crippen molar-refractivity contribution >= 4 is 17.5 Å². The molecule has 1 saturated heterocycles. The Labute approximate surface area is 256 Å². The van der Waals surface area contributed by atoms with Gasteiger partial charge in [-0.25, -0.2) is 14.1 Å². The number of nitrogens with zero attached hydrogens (tertiary/aromatic N) is 6. The van der Waals surface area contributed by atoms with Crippen LogP contribution in [0.15, 0.2) is 61.1 Å². The molecule has 2 aliphatic heterocycles. The van der Waals surface area contributed by atoms with Crippen LogP contribution >= 0.6 is 0 Å². The minimum atomic E-state index is -5.08. The van der Waals surface area contributed by atoms with Crippen LogP contribution in [0.4, 0.5) is 26.3 Å². The van der Waals surface area contributed by atoms with Crippen molar-refractivity contribution in [2.24, 2.45) is 0 Å².